The first kappa shape index (κ1) is 31.0. The van der Waals surface area contributed by atoms with Gasteiger partial charge in [-0.25, -0.2) is 9.97 Å². The zero-order valence-electron chi connectivity index (χ0n) is 23.2. The molecule has 1 aliphatic heterocycles. The van der Waals surface area contributed by atoms with Crippen molar-refractivity contribution in [3.8, 4) is 10.4 Å². The fraction of sp³-hybridized carbons (Fsp3) is 0.200. The lowest BCUT2D eigenvalue weighted by molar-refractivity contribution is 0.00578. The largest absolute Gasteiger partial charge is 0.496 e. The van der Waals surface area contributed by atoms with Gasteiger partial charge < -0.3 is 9.31 Å². The molecule has 12 heteroatoms. The Hall–Kier alpha value is -2.44. The molecule has 1 saturated heterocycles. The van der Waals surface area contributed by atoms with Crippen molar-refractivity contribution in [2.24, 2.45) is 0 Å². The van der Waals surface area contributed by atoms with Gasteiger partial charge in [0, 0.05) is 51.5 Å². The molecule has 0 bridgehead atoms. The second-order valence-corrected chi connectivity index (χ2v) is 14.5. The Kier molecular flexibility index (Phi) is 9.64. The maximum atomic E-state index is 5.89. The second-order valence-electron chi connectivity index (χ2n) is 10.3. The van der Waals surface area contributed by atoms with Crippen LogP contribution in [0.1, 0.15) is 27.7 Å². The number of nitrogens with zero attached hydrogens (tertiary/aromatic N) is 4. The molecular formula is C30H26BBrCl2N4O2S2. The zero-order chi connectivity index (χ0) is 29.9. The molecule has 6 aromatic rings. The number of pyridine rings is 4. The number of thiophene rings is 2. The van der Waals surface area contributed by atoms with Gasteiger partial charge in [-0.05, 0) is 92.2 Å². The van der Waals surface area contributed by atoms with E-state index in [1.165, 1.54) is 0 Å². The zero-order valence-corrected chi connectivity index (χ0v) is 27.9. The predicted molar refractivity (Wildman–Crippen MR) is 180 cm³/mol. The Balaban J connectivity index is 0.000000128. The highest BCUT2D eigenvalue weighted by atomic mass is 79.9. The van der Waals surface area contributed by atoms with Crippen LogP contribution in [0.15, 0.2) is 89.2 Å². The molecule has 42 heavy (non-hydrogen) atoms. The first-order valence-electron chi connectivity index (χ1n) is 12.9. The average molecular weight is 700 g/mol. The standard InChI is InChI=1S/C12H7ClN2S.C11H16BNO2.C7H3BrClNS/c13-11-4-3-8-6-10(16-12(8)15-11)9-2-1-5-14-7-9;1-10(2)11(3,4)15-12(14-10)9-6-5-7-13-8-9;8-5-3-4-1-2-6(9)10-7(4)11-5/h1-7H;5-8H,1-4H3;1-3H. The van der Waals surface area contributed by atoms with Gasteiger partial charge in [0.25, 0.3) is 0 Å². The van der Waals surface area contributed by atoms with Crippen molar-refractivity contribution < 1.29 is 9.31 Å². The number of halogens is 3. The lowest BCUT2D eigenvalue weighted by atomic mass is 9.80. The summed E-state index contributed by atoms with van der Waals surface area (Å²) in [5, 5.41) is 3.33. The van der Waals surface area contributed by atoms with Crippen LogP contribution in [0.4, 0.5) is 0 Å². The van der Waals surface area contributed by atoms with E-state index in [2.05, 4.69) is 41.9 Å². The van der Waals surface area contributed by atoms with E-state index in [1.807, 2.05) is 82.4 Å². The maximum absolute atomic E-state index is 5.89. The Morgan fingerprint density at radius 3 is 1.88 bits per heavy atom. The van der Waals surface area contributed by atoms with E-state index < -0.39 is 0 Å². The van der Waals surface area contributed by atoms with Gasteiger partial charge in [0.2, 0.25) is 0 Å². The maximum Gasteiger partial charge on any atom is 0.496 e. The van der Waals surface area contributed by atoms with Gasteiger partial charge >= 0.3 is 7.12 Å². The van der Waals surface area contributed by atoms with Crippen LogP contribution >= 0.6 is 61.8 Å². The van der Waals surface area contributed by atoms with Crippen molar-refractivity contribution in [2.75, 3.05) is 0 Å². The molecule has 214 valence electrons. The van der Waals surface area contributed by atoms with E-state index in [9.17, 15) is 0 Å². The Morgan fingerprint density at radius 2 is 1.31 bits per heavy atom. The van der Waals surface area contributed by atoms with E-state index in [-0.39, 0.29) is 18.3 Å². The highest BCUT2D eigenvalue weighted by Gasteiger charge is 2.51. The lowest BCUT2D eigenvalue weighted by Crippen LogP contribution is -2.41. The minimum Gasteiger partial charge on any atom is -0.399 e. The monoisotopic (exact) mass is 698 g/mol. The molecule has 0 amide bonds. The highest BCUT2D eigenvalue weighted by Crippen LogP contribution is 2.36. The van der Waals surface area contributed by atoms with E-state index in [0.29, 0.717) is 10.3 Å². The molecule has 1 aliphatic rings. The summed E-state index contributed by atoms with van der Waals surface area (Å²) in [4.78, 5) is 19.7. The first-order chi connectivity index (χ1) is 20.0. The number of aromatic nitrogens is 4. The van der Waals surface area contributed by atoms with Crippen molar-refractivity contribution in [1.29, 1.82) is 0 Å². The van der Waals surface area contributed by atoms with Crippen LogP contribution in [0.2, 0.25) is 10.3 Å². The summed E-state index contributed by atoms with van der Waals surface area (Å²) < 4.78 is 12.9. The molecule has 1 fully saturated rings. The Morgan fingerprint density at radius 1 is 0.738 bits per heavy atom. The van der Waals surface area contributed by atoms with Crippen LogP contribution < -0.4 is 5.46 Å². The smallest absolute Gasteiger partial charge is 0.399 e. The molecule has 7 heterocycles. The van der Waals surface area contributed by atoms with E-state index >= 15 is 0 Å². The van der Waals surface area contributed by atoms with Gasteiger partial charge in [-0.1, -0.05) is 35.3 Å². The fourth-order valence-corrected chi connectivity index (χ4v) is 6.79. The molecular weight excluding hydrogens is 674 g/mol. The third-order valence-electron chi connectivity index (χ3n) is 6.82. The summed E-state index contributed by atoms with van der Waals surface area (Å²) >= 11 is 18.2. The van der Waals surface area contributed by atoms with Crippen LogP contribution in [0.3, 0.4) is 0 Å². The van der Waals surface area contributed by atoms with Gasteiger partial charge in [-0.2, -0.15) is 0 Å². The van der Waals surface area contributed by atoms with E-state index in [1.54, 1.807) is 47.3 Å². The van der Waals surface area contributed by atoms with E-state index in [4.69, 9.17) is 32.5 Å². The van der Waals surface area contributed by atoms with Crippen LogP contribution in [0.5, 0.6) is 0 Å². The van der Waals surface area contributed by atoms with Crippen LogP contribution in [-0.4, -0.2) is 38.3 Å². The van der Waals surface area contributed by atoms with Gasteiger partial charge in [-0.3, -0.25) is 9.97 Å². The normalized spacial score (nSPS) is 15.2. The minimum atomic E-state index is -0.302. The molecule has 0 saturated carbocycles. The minimum absolute atomic E-state index is 0.284. The van der Waals surface area contributed by atoms with Gasteiger partial charge in [0.1, 0.15) is 20.0 Å². The summed E-state index contributed by atoms with van der Waals surface area (Å²) in [5.41, 5.74) is 1.51. The van der Waals surface area contributed by atoms with Crippen LogP contribution in [0, 0.1) is 0 Å². The first-order valence-corrected chi connectivity index (χ1v) is 16.1. The molecule has 0 unspecified atom stereocenters. The van der Waals surface area contributed by atoms with Crippen molar-refractivity contribution in [3.63, 3.8) is 0 Å². The molecule has 0 atom stereocenters. The highest BCUT2D eigenvalue weighted by molar-refractivity contribution is 9.11. The number of hydrogen-bond acceptors (Lipinski definition) is 8. The third-order valence-corrected chi connectivity index (χ3v) is 9.89. The molecule has 0 aliphatic carbocycles. The van der Waals surface area contributed by atoms with Crippen molar-refractivity contribution in [2.45, 2.75) is 38.9 Å². The van der Waals surface area contributed by atoms with Crippen molar-refractivity contribution >= 4 is 94.8 Å². The summed E-state index contributed by atoms with van der Waals surface area (Å²) in [6.45, 7) is 8.18. The van der Waals surface area contributed by atoms with Gasteiger partial charge in [0.15, 0.2) is 0 Å². The quantitative estimate of drug-likeness (QED) is 0.133. The van der Waals surface area contributed by atoms with Crippen molar-refractivity contribution in [1.82, 2.24) is 19.9 Å². The third kappa shape index (κ3) is 7.37. The summed E-state index contributed by atoms with van der Waals surface area (Å²) in [6, 6.07) is 19.5. The van der Waals surface area contributed by atoms with Crippen molar-refractivity contribution in [3.05, 3.63) is 99.5 Å². The molecule has 7 rings (SSSR count). The second kappa shape index (κ2) is 13.1. The number of hydrogen-bond donors (Lipinski definition) is 0. The Labute approximate surface area is 271 Å². The molecule has 0 radical (unpaired) electrons. The van der Waals surface area contributed by atoms with Crippen LogP contribution in [-0.2, 0) is 9.31 Å². The topological polar surface area (TPSA) is 70.0 Å². The SMILES string of the molecule is CC1(C)OB(c2cccnc2)OC1(C)C.Clc1ccc2cc(-c3cccnc3)sc2n1.Clc1ccc2cc(Br)sc2n1. The van der Waals surface area contributed by atoms with Crippen LogP contribution in [0.25, 0.3) is 30.9 Å². The van der Waals surface area contributed by atoms with Gasteiger partial charge in [0.05, 0.1) is 15.0 Å². The molecule has 0 aromatic carbocycles. The summed E-state index contributed by atoms with van der Waals surface area (Å²) in [5.74, 6) is 0. The fourth-order valence-electron chi connectivity index (χ4n) is 3.90. The molecule has 6 nitrogen and oxygen atoms in total. The number of fused-ring (bicyclic) bond motifs is 2. The van der Waals surface area contributed by atoms with E-state index in [0.717, 1.165) is 40.1 Å². The molecule has 6 aromatic heterocycles. The van der Waals surface area contributed by atoms with Gasteiger partial charge in [-0.15, -0.1) is 22.7 Å². The average Bonchev–Trinajstić information content (AvgIpc) is 3.61. The molecule has 0 N–H and O–H groups in total. The summed E-state index contributed by atoms with van der Waals surface area (Å²) in [6.07, 6.45) is 7.15. The molecule has 0 spiro atoms. The lowest BCUT2D eigenvalue weighted by Gasteiger charge is -2.32. The number of rotatable bonds is 2. The predicted octanol–water partition coefficient (Wildman–Crippen LogP) is 9.10. The summed E-state index contributed by atoms with van der Waals surface area (Å²) in [7, 11) is -0.302. The Bertz CT molecular complexity index is 1790.